The van der Waals surface area contributed by atoms with Crippen LogP contribution in [-0.2, 0) is 25.1 Å². The van der Waals surface area contributed by atoms with Crippen LogP contribution in [0, 0.1) is 5.92 Å². The molecule has 0 aromatic heterocycles. The summed E-state index contributed by atoms with van der Waals surface area (Å²) < 4.78 is 18.3. The van der Waals surface area contributed by atoms with Gasteiger partial charge in [0.2, 0.25) is 5.91 Å². The van der Waals surface area contributed by atoms with Gasteiger partial charge in [-0.2, -0.15) is 0 Å². The van der Waals surface area contributed by atoms with Crippen LogP contribution in [0.2, 0.25) is 0 Å². The van der Waals surface area contributed by atoms with Crippen molar-refractivity contribution in [3.8, 4) is 0 Å². The molecule has 1 aromatic rings. The number of benzene rings is 1. The average molecular weight is 414 g/mol. The number of aryl methyl sites for hydroxylation is 1. The lowest BCUT2D eigenvalue weighted by Crippen LogP contribution is -2.51. The summed E-state index contributed by atoms with van der Waals surface area (Å²) in [5.41, 5.74) is -0.737. The Morgan fingerprint density at radius 3 is 2.43 bits per heavy atom. The quantitative estimate of drug-likeness (QED) is 0.457. The van der Waals surface area contributed by atoms with Crippen LogP contribution in [0.15, 0.2) is 30.3 Å². The van der Waals surface area contributed by atoms with E-state index in [0.717, 1.165) is 5.56 Å². The van der Waals surface area contributed by atoms with E-state index in [4.69, 9.17) is 4.52 Å². The van der Waals surface area contributed by atoms with Crippen LogP contribution in [0.25, 0.3) is 0 Å². The van der Waals surface area contributed by atoms with Gasteiger partial charge in [-0.15, -0.1) is 0 Å². The van der Waals surface area contributed by atoms with Gasteiger partial charge in [0.15, 0.2) is 5.60 Å². The number of piperidine rings is 1. The zero-order valence-corrected chi connectivity index (χ0v) is 17.2. The van der Waals surface area contributed by atoms with Gasteiger partial charge in [-0.05, 0) is 31.0 Å². The monoisotopic (exact) mass is 414 g/mol. The summed E-state index contributed by atoms with van der Waals surface area (Å²) in [4.78, 5) is 34.7. The van der Waals surface area contributed by atoms with Crippen molar-refractivity contribution >= 4 is 19.5 Å². The molecule has 1 heterocycles. The van der Waals surface area contributed by atoms with E-state index in [1.165, 1.54) is 0 Å². The molecule has 1 amide bonds. The van der Waals surface area contributed by atoms with Gasteiger partial charge >= 0.3 is 13.6 Å². The Morgan fingerprint density at radius 1 is 1.29 bits per heavy atom. The van der Waals surface area contributed by atoms with E-state index < -0.39 is 30.9 Å². The summed E-state index contributed by atoms with van der Waals surface area (Å²) in [6.45, 7) is 4.12. The van der Waals surface area contributed by atoms with Crippen LogP contribution < -0.4 is 10.6 Å². The molecule has 1 aromatic carbocycles. The Balaban J connectivity index is 0.00000420. The van der Waals surface area contributed by atoms with Gasteiger partial charge in [-0.25, -0.2) is 4.79 Å². The molecule has 2 unspecified atom stereocenters. The van der Waals surface area contributed by atoms with Crippen molar-refractivity contribution in [2.24, 2.45) is 5.92 Å². The van der Waals surface area contributed by atoms with E-state index in [1.54, 1.807) is 13.8 Å². The topological polar surface area (TPSA) is 125 Å². The van der Waals surface area contributed by atoms with Gasteiger partial charge in [-0.1, -0.05) is 44.2 Å². The van der Waals surface area contributed by atoms with Crippen LogP contribution in [0.3, 0.4) is 0 Å². The molecule has 1 aliphatic rings. The van der Waals surface area contributed by atoms with E-state index in [0.29, 0.717) is 19.5 Å². The third-order valence-electron chi connectivity index (χ3n) is 4.88. The molecule has 1 fully saturated rings. The number of carboxylic acid groups (broad SMARTS) is 1. The maximum atomic E-state index is 13.0. The molecule has 158 valence electrons. The van der Waals surface area contributed by atoms with E-state index >= 15 is 0 Å². The lowest BCUT2D eigenvalue weighted by molar-refractivity contribution is -0.158. The van der Waals surface area contributed by atoms with Gasteiger partial charge in [-0.3, -0.25) is 13.9 Å². The standard InChI is InChI=1S/C19H29N2O6P.H2/c1-14(2)17(21-16(22)9-8-15-6-4-3-5-7-15)28(25,26)27-19(18(23)24)10-12-20-13-11-19;/h3-7,14,17,20H,8-13H2,1-2H3,(H,21,22)(H,23,24)(H,25,26);1H. The molecule has 0 spiro atoms. The fourth-order valence-corrected chi connectivity index (χ4v) is 5.18. The van der Waals surface area contributed by atoms with Crippen LogP contribution in [0.5, 0.6) is 0 Å². The van der Waals surface area contributed by atoms with Crippen molar-refractivity contribution < 1.29 is 30.1 Å². The van der Waals surface area contributed by atoms with Crippen molar-refractivity contribution in [3.05, 3.63) is 35.9 Å². The van der Waals surface area contributed by atoms with Crippen molar-refractivity contribution in [1.29, 1.82) is 0 Å². The highest BCUT2D eigenvalue weighted by Crippen LogP contribution is 2.54. The molecule has 1 aliphatic heterocycles. The molecule has 4 N–H and O–H groups in total. The molecule has 0 aliphatic carbocycles. The van der Waals surface area contributed by atoms with Crippen molar-refractivity contribution in [2.75, 3.05) is 13.1 Å². The highest BCUT2D eigenvalue weighted by molar-refractivity contribution is 7.53. The Morgan fingerprint density at radius 2 is 1.89 bits per heavy atom. The van der Waals surface area contributed by atoms with E-state index in [9.17, 15) is 24.2 Å². The van der Waals surface area contributed by atoms with Crippen molar-refractivity contribution in [2.45, 2.75) is 50.9 Å². The molecule has 9 heteroatoms. The first kappa shape index (κ1) is 22.6. The van der Waals surface area contributed by atoms with Crippen LogP contribution >= 0.6 is 7.60 Å². The lowest BCUT2D eigenvalue weighted by atomic mass is 9.93. The predicted molar refractivity (Wildman–Crippen MR) is 107 cm³/mol. The van der Waals surface area contributed by atoms with Crippen LogP contribution in [0.4, 0.5) is 0 Å². The molecule has 0 radical (unpaired) electrons. The first-order chi connectivity index (χ1) is 13.2. The minimum Gasteiger partial charge on any atom is -0.479 e. The molecular formula is C19H31N2O6P. The smallest absolute Gasteiger partial charge is 0.351 e. The van der Waals surface area contributed by atoms with Crippen molar-refractivity contribution in [1.82, 2.24) is 10.6 Å². The zero-order chi connectivity index (χ0) is 20.8. The number of amides is 1. The summed E-state index contributed by atoms with van der Waals surface area (Å²) in [5, 5.41) is 15.2. The average Bonchev–Trinajstić information content (AvgIpc) is 2.65. The number of hydrogen-bond acceptors (Lipinski definition) is 5. The molecule has 0 bridgehead atoms. The minimum absolute atomic E-state index is 0. The summed E-state index contributed by atoms with van der Waals surface area (Å²) in [7, 11) is -4.44. The molecule has 2 rings (SSSR count). The Labute approximate surface area is 166 Å². The summed E-state index contributed by atoms with van der Waals surface area (Å²) in [5.74, 6) is -3.23. The fraction of sp³-hybridized carbons (Fsp3) is 0.579. The highest BCUT2D eigenvalue weighted by atomic mass is 31.2. The molecule has 1 saturated heterocycles. The maximum Gasteiger partial charge on any atom is 0.351 e. The molecular weight excluding hydrogens is 383 g/mol. The largest absolute Gasteiger partial charge is 0.479 e. The van der Waals surface area contributed by atoms with Gasteiger partial charge in [0.25, 0.3) is 0 Å². The fourth-order valence-electron chi connectivity index (χ4n) is 3.25. The molecule has 0 saturated carbocycles. The van der Waals surface area contributed by atoms with Gasteiger partial charge in [0, 0.05) is 20.7 Å². The van der Waals surface area contributed by atoms with Gasteiger partial charge < -0.3 is 20.6 Å². The molecule has 28 heavy (non-hydrogen) atoms. The number of carboxylic acids is 1. The number of carbonyl (C=O) groups is 2. The number of nitrogens with one attached hydrogen (secondary N) is 2. The third-order valence-corrected chi connectivity index (χ3v) is 6.92. The SMILES string of the molecule is CC(C)C(NC(=O)CCc1ccccc1)P(=O)(O)OC1(C(=O)O)CCNCC1.[HH]. The normalized spacial score (nSPS) is 19.6. The molecule has 2 atom stereocenters. The number of carbonyl (C=O) groups excluding carboxylic acids is 1. The van der Waals surface area contributed by atoms with E-state index in [1.807, 2.05) is 30.3 Å². The summed E-state index contributed by atoms with van der Waals surface area (Å²) in [6, 6.07) is 9.45. The van der Waals surface area contributed by atoms with Gasteiger partial charge in [0.1, 0.15) is 5.78 Å². The summed E-state index contributed by atoms with van der Waals surface area (Å²) in [6.07, 6.45) is 0.819. The van der Waals surface area contributed by atoms with Crippen LogP contribution in [0.1, 0.15) is 40.1 Å². The zero-order valence-electron chi connectivity index (χ0n) is 16.3. The van der Waals surface area contributed by atoms with Gasteiger partial charge in [0.05, 0.1) is 0 Å². The second-order valence-electron chi connectivity index (χ2n) is 7.45. The van der Waals surface area contributed by atoms with Crippen molar-refractivity contribution in [3.63, 3.8) is 0 Å². The lowest BCUT2D eigenvalue weighted by Gasteiger charge is -2.37. The molecule has 8 nitrogen and oxygen atoms in total. The first-order valence-corrected chi connectivity index (χ1v) is 11.1. The Bertz CT molecular complexity index is 725. The Kier molecular flexibility index (Phi) is 7.78. The third kappa shape index (κ3) is 5.88. The summed E-state index contributed by atoms with van der Waals surface area (Å²) >= 11 is 0. The minimum atomic E-state index is -4.44. The maximum absolute atomic E-state index is 13.0. The Hall–Kier alpha value is -1.73. The van der Waals surface area contributed by atoms with E-state index in [2.05, 4.69) is 10.6 Å². The second-order valence-corrected chi connectivity index (χ2v) is 9.31. The predicted octanol–water partition coefficient (Wildman–Crippen LogP) is 2.37. The highest BCUT2D eigenvalue weighted by Gasteiger charge is 2.49. The first-order valence-electron chi connectivity index (χ1n) is 9.47. The number of hydrogen-bond donors (Lipinski definition) is 4. The second kappa shape index (κ2) is 9.65. The van der Waals surface area contributed by atoms with Crippen LogP contribution in [-0.4, -0.2) is 46.3 Å². The number of rotatable bonds is 9. The number of aliphatic carboxylic acids is 1. The van der Waals surface area contributed by atoms with E-state index in [-0.39, 0.29) is 26.6 Å².